The SMILES string of the molecule is CC(C)OCCN1C(=O)C(C(C)C)NC(=O)C12CCCC2. The molecule has 1 spiro atoms. The van der Waals surface area contributed by atoms with E-state index in [1.165, 1.54) is 0 Å². The van der Waals surface area contributed by atoms with Crippen LogP contribution in [0.2, 0.25) is 0 Å². The Labute approximate surface area is 127 Å². The number of carbonyl (C=O) groups is 2. The van der Waals surface area contributed by atoms with E-state index in [4.69, 9.17) is 4.74 Å². The molecule has 1 aliphatic heterocycles. The standard InChI is InChI=1S/C16H28N2O3/c1-11(2)13-14(19)18(9-10-21-12(3)4)16(15(20)17-13)7-5-6-8-16/h11-13H,5-10H2,1-4H3,(H,17,20). The van der Waals surface area contributed by atoms with E-state index in [9.17, 15) is 9.59 Å². The van der Waals surface area contributed by atoms with Crippen molar-refractivity contribution < 1.29 is 14.3 Å². The lowest BCUT2D eigenvalue weighted by Gasteiger charge is -2.47. The van der Waals surface area contributed by atoms with Gasteiger partial charge in [0.15, 0.2) is 0 Å². The molecule has 0 aromatic heterocycles. The molecule has 0 radical (unpaired) electrons. The minimum Gasteiger partial charge on any atom is -0.377 e. The molecule has 2 fully saturated rings. The van der Waals surface area contributed by atoms with Gasteiger partial charge in [-0.05, 0) is 32.6 Å². The average Bonchev–Trinajstić information content (AvgIpc) is 2.88. The lowest BCUT2D eigenvalue weighted by atomic mass is 9.87. The van der Waals surface area contributed by atoms with Crippen molar-refractivity contribution >= 4 is 11.8 Å². The molecule has 120 valence electrons. The van der Waals surface area contributed by atoms with Gasteiger partial charge in [0.1, 0.15) is 11.6 Å². The molecular weight excluding hydrogens is 268 g/mol. The zero-order valence-corrected chi connectivity index (χ0v) is 13.6. The first kappa shape index (κ1) is 16.3. The summed E-state index contributed by atoms with van der Waals surface area (Å²) in [4.78, 5) is 27.3. The third kappa shape index (κ3) is 3.07. The maximum Gasteiger partial charge on any atom is 0.246 e. The number of carbonyl (C=O) groups excluding carboxylic acids is 2. The van der Waals surface area contributed by atoms with Crippen molar-refractivity contribution in [1.29, 1.82) is 0 Å². The summed E-state index contributed by atoms with van der Waals surface area (Å²) in [6, 6.07) is -0.400. The third-order valence-electron chi connectivity index (χ3n) is 4.62. The fourth-order valence-corrected chi connectivity index (χ4v) is 3.45. The normalized spacial score (nSPS) is 25.2. The maximum absolute atomic E-state index is 12.8. The Hall–Kier alpha value is -1.10. The van der Waals surface area contributed by atoms with E-state index in [-0.39, 0.29) is 23.8 Å². The summed E-state index contributed by atoms with van der Waals surface area (Å²) in [5.74, 6) is 0.190. The van der Waals surface area contributed by atoms with Gasteiger partial charge in [0.25, 0.3) is 0 Å². The Bertz CT molecular complexity index is 400. The number of rotatable bonds is 5. The average molecular weight is 296 g/mol. The Morgan fingerprint density at radius 1 is 1.24 bits per heavy atom. The van der Waals surface area contributed by atoms with Crippen LogP contribution >= 0.6 is 0 Å². The molecule has 21 heavy (non-hydrogen) atoms. The summed E-state index contributed by atoms with van der Waals surface area (Å²) in [5.41, 5.74) is -0.622. The van der Waals surface area contributed by atoms with Gasteiger partial charge in [0.05, 0.1) is 12.7 Å². The third-order valence-corrected chi connectivity index (χ3v) is 4.62. The highest BCUT2D eigenvalue weighted by molar-refractivity contribution is 6.00. The van der Waals surface area contributed by atoms with Gasteiger partial charge in [-0.15, -0.1) is 0 Å². The van der Waals surface area contributed by atoms with Gasteiger partial charge in [0.2, 0.25) is 11.8 Å². The van der Waals surface area contributed by atoms with Gasteiger partial charge < -0.3 is 15.0 Å². The summed E-state index contributed by atoms with van der Waals surface area (Å²) in [6.07, 6.45) is 3.70. The van der Waals surface area contributed by atoms with E-state index >= 15 is 0 Å². The maximum atomic E-state index is 12.8. The van der Waals surface area contributed by atoms with Gasteiger partial charge in [-0.2, -0.15) is 0 Å². The van der Waals surface area contributed by atoms with Crippen molar-refractivity contribution in [2.45, 2.75) is 71.1 Å². The van der Waals surface area contributed by atoms with E-state index in [1.54, 1.807) is 0 Å². The largest absolute Gasteiger partial charge is 0.377 e. The molecule has 5 nitrogen and oxygen atoms in total. The van der Waals surface area contributed by atoms with Gasteiger partial charge >= 0.3 is 0 Å². The van der Waals surface area contributed by atoms with Crippen LogP contribution in [0.25, 0.3) is 0 Å². The number of piperazine rings is 1. The minimum absolute atomic E-state index is 0.0304. The summed E-state index contributed by atoms with van der Waals surface area (Å²) in [5, 5.41) is 2.96. The molecule has 1 saturated heterocycles. The van der Waals surface area contributed by atoms with Crippen molar-refractivity contribution in [3.63, 3.8) is 0 Å². The molecule has 1 N–H and O–H groups in total. The first-order chi connectivity index (χ1) is 9.88. The van der Waals surface area contributed by atoms with Crippen LogP contribution in [0, 0.1) is 5.92 Å². The van der Waals surface area contributed by atoms with E-state index in [2.05, 4.69) is 5.32 Å². The van der Waals surface area contributed by atoms with Crippen LogP contribution in [0.3, 0.4) is 0 Å². The van der Waals surface area contributed by atoms with Crippen LogP contribution < -0.4 is 5.32 Å². The second-order valence-corrected chi connectivity index (χ2v) is 6.84. The second kappa shape index (κ2) is 6.34. The van der Waals surface area contributed by atoms with Crippen molar-refractivity contribution in [2.24, 2.45) is 5.92 Å². The predicted octanol–water partition coefficient (Wildman–Crippen LogP) is 1.71. The first-order valence-electron chi connectivity index (χ1n) is 8.12. The molecule has 1 aliphatic carbocycles. The van der Waals surface area contributed by atoms with E-state index in [1.807, 2.05) is 32.6 Å². The molecule has 0 bridgehead atoms. The fraction of sp³-hybridized carbons (Fsp3) is 0.875. The van der Waals surface area contributed by atoms with Crippen molar-refractivity contribution in [3.05, 3.63) is 0 Å². The zero-order valence-electron chi connectivity index (χ0n) is 13.6. The number of amides is 2. The highest BCUT2D eigenvalue weighted by atomic mass is 16.5. The zero-order chi connectivity index (χ0) is 15.6. The van der Waals surface area contributed by atoms with E-state index < -0.39 is 11.6 Å². The molecule has 1 atom stereocenters. The number of hydrogen-bond acceptors (Lipinski definition) is 3. The van der Waals surface area contributed by atoms with E-state index in [0.29, 0.717) is 13.2 Å². The van der Waals surface area contributed by atoms with Crippen LogP contribution in [0.15, 0.2) is 0 Å². The van der Waals surface area contributed by atoms with Crippen molar-refractivity contribution in [1.82, 2.24) is 10.2 Å². The van der Waals surface area contributed by atoms with Gasteiger partial charge in [-0.25, -0.2) is 0 Å². The number of hydrogen-bond donors (Lipinski definition) is 1. The summed E-state index contributed by atoms with van der Waals surface area (Å²) in [6.45, 7) is 8.90. The van der Waals surface area contributed by atoms with Gasteiger partial charge in [0, 0.05) is 6.54 Å². The smallest absolute Gasteiger partial charge is 0.246 e. The molecular formula is C16H28N2O3. The quantitative estimate of drug-likeness (QED) is 0.840. The number of ether oxygens (including phenoxy) is 1. The number of nitrogens with one attached hydrogen (secondary N) is 1. The molecule has 2 aliphatic rings. The lowest BCUT2D eigenvalue weighted by Crippen LogP contribution is -2.71. The number of nitrogens with zero attached hydrogens (tertiary/aromatic N) is 1. The Kier molecular flexibility index (Phi) is 4.91. The molecule has 1 saturated carbocycles. The molecule has 5 heteroatoms. The highest BCUT2D eigenvalue weighted by Crippen LogP contribution is 2.38. The first-order valence-corrected chi connectivity index (χ1v) is 8.12. The van der Waals surface area contributed by atoms with Crippen LogP contribution in [0.1, 0.15) is 53.4 Å². The van der Waals surface area contributed by atoms with Crippen molar-refractivity contribution in [2.75, 3.05) is 13.2 Å². The van der Waals surface area contributed by atoms with E-state index in [0.717, 1.165) is 25.7 Å². The van der Waals surface area contributed by atoms with Gasteiger partial charge in [-0.1, -0.05) is 26.7 Å². The summed E-state index contributed by atoms with van der Waals surface area (Å²) < 4.78 is 5.60. The fourth-order valence-electron chi connectivity index (χ4n) is 3.45. The van der Waals surface area contributed by atoms with Crippen LogP contribution in [0.4, 0.5) is 0 Å². The highest BCUT2D eigenvalue weighted by Gasteiger charge is 2.53. The second-order valence-electron chi connectivity index (χ2n) is 6.84. The van der Waals surface area contributed by atoms with Crippen molar-refractivity contribution in [3.8, 4) is 0 Å². The Morgan fingerprint density at radius 3 is 2.38 bits per heavy atom. The molecule has 0 aromatic rings. The molecule has 1 heterocycles. The minimum atomic E-state index is -0.622. The summed E-state index contributed by atoms with van der Waals surface area (Å²) in [7, 11) is 0. The molecule has 1 unspecified atom stereocenters. The van der Waals surface area contributed by atoms with Gasteiger partial charge in [-0.3, -0.25) is 9.59 Å². The molecule has 2 amide bonds. The Morgan fingerprint density at radius 2 is 1.86 bits per heavy atom. The predicted molar refractivity (Wildman–Crippen MR) is 80.8 cm³/mol. The molecule has 0 aromatic carbocycles. The lowest BCUT2D eigenvalue weighted by molar-refractivity contribution is -0.159. The van der Waals surface area contributed by atoms with Crippen LogP contribution in [-0.4, -0.2) is 47.6 Å². The summed E-state index contributed by atoms with van der Waals surface area (Å²) >= 11 is 0. The topological polar surface area (TPSA) is 58.6 Å². The Balaban J connectivity index is 2.18. The van der Waals surface area contributed by atoms with Crippen LogP contribution in [0.5, 0.6) is 0 Å². The van der Waals surface area contributed by atoms with Crippen LogP contribution in [-0.2, 0) is 14.3 Å². The molecule has 2 rings (SSSR count). The monoisotopic (exact) mass is 296 g/mol.